The molecule has 0 radical (unpaired) electrons. The highest BCUT2D eigenvalue weighted by Gasteiger charge is 2.25. The van der Waals surface area contributed by atoms with Gasteiger partial charge in [0.2, 0.25) is 5.95 Å². The maximum Gasteiger partial charge on any atom is 0.225 e. The molecule has 31 heavy (non-hydrogen) atoms. The van der Waals surface area contributed by atoms with Crippen molar-refractivity contribution < 1.29 is 0 Å². The first-order chi connectivity index (χ1) is 15.0. The minimum absolute atomic E-state index is 0.0865. The number of benzene rings is 1. The summed E-state index contributed by atoms with van der Waals surface area (Å²) in [7, 11) is 1.95. The molecule has 3 aromatic rings. The van der Waals surface area contributed by atoms with Crippen molar-refractivity contribution in [1.82, 2.24) is 20.3 Å². The number of aromatic nitrogens is 3. The summed E-state index contributed by atoms with van der Waals surface area (Å²) in [5, 5.41) is 11.1. The largest absolute Gasteiger partial charge is 0.391 e. The first-order valence-corrected chi connectivity index (χ1v) is 11.1. The van der Waals surface area contributed by atoms with E-state index in [1.54, 1.807) is 6.20 Å². The van der Waals surface area contributed by atoms with Gasteiger partial charge in [-0.3, -0.25) is 0 Å². The molecule has 6 nitrogen and oxygen atoms in total. The number of hydrogen-bond donors (Lipinski definition) is 4. The molecule has 2 heterocycles. The lowest BCUT2D eigenvalue weighted by Crippen LogP contribution is -2.11. The van der Waals surface area contributed by atoms with E-state index in [2.05, 4.69) is 88.6 Å². The van der Waals surface area contributed by atoms with Crippen molar-refractivity contribution in [2.45, 2.75) is 46.1 Å². The third kappa shape index (κ3) is 6.35. The summed E-state index contributed by atoms with van der Waals surface area (Å²) in [6, 6.07) is 10.4. The van der Waals surface area contributed by atoms with Crippen molar-refractivity contribution in [2.75, 3.05) is 17.7 Å². The van der Waals surface area contributed by atoms with Crippen molar-refractivity contribution >= 4 is 22.7 Å². The smallest absolute Gasteiger partial charge is 0.225 e. The zero-order chi connectivity index (χ0) is 22.2. The van der Waals surface area contributed by atoms with Crippen molar-refractivity contribution in [2.24, 2.45) is 5.92 Å². The Morgan fingerprint density at radius 2 is 2.03 bits per heavy atom. The fourth-order valence-corrected chi connectivity index (χ4v) is 3.29. The van der Waals surface area contributed by atoms with Crippen molar-refractivity contribution in [3.8, 4) is 0 Å². The Morgan fingerprint density at radius 3 is 2.74 bits per heavy atom. The quantitative estimate of drug-likeness (QED) is 0.338. The van der Waals surface area contributed by atoms with E-state index in [9.17, 15) is 0 Å². The second kappa shape index (κ2) is 10.7. The molecule has 1 fully saturated rings. The second-order valence-corrected chi connectivity index (χ2v) is 7.94. The van der Waals surface area contributed by atoms with Crippen LogP contribution in [-0.2, 0) is 0 Å². The normalized spacial score (nSPS) is 14.4. The Balaban J connectivity index is 0.000000858. The van der Waals surface area contributed by atoms with E-state index in [-0.39, 0.29) is 6.04 Å². The van der Waals surface area contributed by atoms with Crippen molar-refractivity contribution in [3.63, 3.8) is 0 Å². The van der Waals surface area contributed by atoms with Gasteiger partial charge in [0.15, 0.2) is 0 Å². The van der Waals surface area contributed by atoms with E-state index in [0.29, 0.717) is 11.9 Å². The third-order valence-corrected chi connectivity index (χ3v) is 5.00. The van der Waals surface area contributed by atoms with Gasteiger partial charge in [-0.2, -0.15) is 4.98 Å². The van der Waals surface area contributed by atoms with Crippen LogP contribution in [0.25, 0.3) is 10.9 Å². The molecule has 2 aromatic heterocycles. The van der Waals surface area contributed by atoms with Crippen LogP contribution in [0.4, 0.5) is 11.8 Å². The fourth-order valence-electron chi connectivity index (χ4n) is 3.29. The average molecular weight is 419 g/mol. The molecule has 0 amide bonds. The van der Waals surface area contributed by atoms with E-state index < -0.39 is 0 Å². The standard InChI is InChI=1S/C22H26N6.C3H8/c1-14(12-20(23-3)16-4-5-16)26-21-9-11-25-22(28-21)27-15(2)17-6-7-19-18(13-17)8-10-24-19;1-3-2/h6-13,15-16,23-24H,1,4-5H2,2-3H3,(H2,25,26,27,28);3H2,1-2H3/b20-12-;. The molecule has 1 saturated carbocycles. The molecule has 0 saturated heterocycles. The summed E-state index contributed by atoms with van der Waals surface area (Å²) >= 11 is 0. The van der Waals surface area contributed by atoms with E-state index >= 15 is 0 Å². The molecule has 0 aliphatic heterocycles. The van der Waals surface area contributed by atoms with E-state index in [0.717, 1.165) is 17.0 Å². The van der Waals surface area contributed by atoms with Crippen LogP contribution < -0.4 is 16.0 Å². The second-order valence-electron chi connectivity index (χ2n) is 7.94. The first-order valence-electron chi connectivity index (χ1n) is 11.1. The fraction of sp³-hybridized carbons (Fsp3) is 0.360. The van der Waals surface area contributed by atoms with E-state index in [4.69, 9.17) is 0 Å². The molecular formula is C25H34N6. The van der Waals surface area contributed by atoms with Gasteiger partial charge in [-0.15, -0.1) is 0 Å². The molecule has 0 spiro atoms. The van der Waals surface area contributed by atoms with Gasteiger partial charge in [0.05, 0.1) is 6.04 Å². The summed E-state index contributed by atoms with van der Waals surface area (Å²) in [6.07, 6.45) is 9.49. The number of hydrogen-bond acceptors (Lipinski definition) is 5. The van der Waals surface area contributed by atoms with Gasteiger partial charge < -0.3 is 20.9 Å². The first kappa shape index (κ1) is 22.4. The predicted molar refractivity (Wildman–Crippen MR) is 131 cm³/mol. The number of allylic oxidation sites excluding steroid dienone is 2. The third-order valence-electron chi connectivity index (χ3n) is 5.00. The summed E-state index contributed by atoms with van der Waals surface area (Å²) in [4.78, 5) is 12.1. The Kier molecular flexibility index (Phi) is 7.70. The summed E-state index contributed by atoms with van der Waals surface area (Å²) in [6.45, 7) is 10.5. The van der Waals surface area contributed by atoms with Gasteiger partial charge in [0.1, 0.15) is 5.82 Å². The van der Waals surface area contributed by atoms with Crippen molar-refractivity contribution in [3.05, 3.63) is 72.3 Å². The zero-order valence-corrected chi connectivity index (χ0v) is 19.0. The molecule has 4 N–H and O–H groups in total. The number of fused-ring (bicyclic) bond motifs is 1. The van der Waals surface area contributed by atoms with Crippen LogP contribution in [0, 0.1) is 5.92 Å². The predicted octanol–water partition coefficient (Wildman–Crippen LogP) is 5.99. The highest BCUT2D eigenvalue weighted by molar-refractivity contribution is 5.80. The molecule has 1 unspecified atom stereocenters. The van der Waals surface area contributed by atoms with Crippen LogP contribution in [0.15, 0.2) is 66.8 Å². The number of anilines is 2. The lowest BCUT2D eigenvalue weighted by molar-refractivity contribution is 0.844. The molecule has 1 atom stereocenters. The molecule has 4 rings (SSSR count). The lowest BCUT2D eigenvalue weighted by Gasteiger charge is -2.15. The van der Waals surface area contributed by atoms with Crippen LogP contribution in [0.3, 0.4) is 0 Å². The van der Waals surface area contributed by atoms with Gasteiger partial charge in [-0.1, -0.05) is 32.9 Å². The van der Waals surface area contributed by atoms with Gasteiger partial charge >= 0.3 is 0 Å². The van der Waals surface area contributed by atoms with Crippen LogP contribution in [0.2, 0.25) is 0 Å². The van der Waals surface area contributed by atoms with Crippen LogP contribution in [0.5, 0.6) is 0 Å². The average Bonchev–Trinajstić information content (AvgIpc) is 3.49. The Bertz CT molecular complexity index is 1030. The number of H-pyrrole nitrogens is 1. The molecule has 164 valence electrons. The molecule has 6 heteroatoms. The monoisotopic (exact) mass is 418 g/mol. The Morgan fingerprint density at radius 1 is 1.26 bits per heavy atom. The van der Waals surface area contributed by atoms with E-state index in [1.807, 2.05) is 19.3 Å². The maximum atomic E-state index is 4.57. The molecular weight excluding hydrogens is 384 g/mol. The summed E-state index contributed by atoms with van der Waals surface area (Å²) < 4.78 is 0. The van der Waals surface area contributed by atoms with Gasteiger partial charge in [-0.05, 0) is 67.0 Å². The summed E-state index contributed by atoms with van der Waals surface area (Å²) in [5.74, 6) is 1.95. The topological polar surface area (TPSA) is 77.7 Å². The summed E-state index contributed by atoms with van der Waals surface area (Å²) in [5.41, 5.74) is 4.35. The highest BCUT2D eigenvalue weighted by Crippen LogP contribution is 2.35. The van der Waals surface area contributed by atoms with Crippen molar-refractivity contribution in [1.29, 1.82) is 0 Å². The van der Waals surface area contributed by atoms with Gasteiger partial charge in [0, 0.05) is 36.4 Å². The number of nitrogens with zero attached hydrogens (tertiary/aromatic N) is 2. The van der Waals surface area contributed by atoms with Crippen LogP contribution in [-0.4, -0.2) is 22.0 Å². The molecule has 1 aliphatic rings. The molecule has 1 aliphatic carbocycles. The minimum Gasteiger partial charge on any atom is -0.391 e. The zero-order valence-electron chi connectivity index (χ0n) is 19.0. The lowest BCUT2D eigenvalue weighted by atomic mass is 10.1. The van der Waals surface area contributed by atoms with E-state index in [1.165, 1.54) is 35.9 Å². The van der Waals surface area contributed by atoms with Gasteiger partial charge in [0.25, 0.3) is 0 Å². The number of rotatable bonds is 8. The molecule has 1 aromatic carbocycles. The minimum atomic E-state index is 0.0865. The van der Waals surface area contributed by atoms with Crippen LogP contribution in [0.1, 0.15) is 51.6 Å². The number of nitrogens with one attached hydrogen (secondary N) is 4. The number of aromatic amines is 1. The maximum absolute atomic E-state index is 4.57. The molecule has 0 bridgehead atoms. The highest BCUT2D eigenvalue weighted by atomic mass is 15.1. The SMILES string of the molecule is C=C(/C=C(\NC)C1CC1)Nc1ccnc(NC(C)c2ccc3[nH]ccc3c2)n1.CCC. The Labute approximate surface area is 185 Å². The Hall–Kier alpha value is -3.28. The van der Waals surface area contributed by atoms with Crippen LogP contribution >= 0.6 is 0 Å². The van der Waals surface area contributed by atoms with Gasteiger partial charge in [-0.25, -0.2) is 4.98 Å².